The van der Waals surface area contributed by atoms with E-state index in [1.54, 1.807) is 6.07 Å². The Kier molecular flexibility index (Phi) is 6.93. The molecule has 184 valence electrons. The Balaban J connectivity index is 1.45. The second-order valence-electron chi connectivity index (χ2n) is 8.23. The van der Waals surface area contributed by atoms with Crippen LogP contribution < -0.4 is 5.32 Å². The van der Waals surface area contributed by atoms with Crippen molar-refractivity contribution in [2.24, 2.45) is 0 Å². The Morgan fingerprint density at radius 2 is 2.03 bits per heavy atom. The SMILES string of the molecule is CC(=O)c1cn(CC(=O)N2C[C@H](F)C[C@@H]2OC(=O)NCc2cccc(Cl)c2F)c2ccc(O)cc12. The minimum Gasteiger partial charge on any atom is -0.508 e. The van der Waals surface area contributed by atoms with Gasteiger partial charge in [-0.1, -0.05) is 23.7 Å². The van der Waals surface area contributed by atoms with Gasteiger partial charge in [-0.25, -0.2) is 13.6 Å². The van der Waals surface area contributed by atoms with Crippen LogP contribution in [0.25, 0.3) is 10.9 Å². The second kappa shape index (κ2) is 9.91. The van der Waals surface area contributed by atoms with Gasteiger partial charge >= 0.3 is 6.09 Å². The highest BCUT2D eigenvalue weighted by atomic mass is 35.5. The minimum absolute atomic E-state index is 0.0268. The topological polar surface area (TPSA) is 101 Å². The van der Waals surface area contributed by atoms with Gasteiger partial charge in [0.25, 0.3) is 0 Å². The molecule has 2 heterocycles. The van der Waals surface area contributed by atoms with Gasteiger partial charge in [0.15, 0.2) is 12.0 Å². The minimum atomic E-state index is -1.40. The molecule has 1 aliphatic heterocycles. The predicted molar refractivity (Wildman–Crippen MR) is 123 cm³/mol. The molecule has 35 heavy (non-hydrogen) atoms. The van der Waals surface area contributed by atoms with Gasteiger partial charge in [-0.3, -0.25) is 9.59 Å². The van der Waals surface area contributed by atoms with Crippen molar-refractivity contribution in [3.63, 3.8) is 0 Å². The molecule has 4 rings (SSSR count). The lowest BCUT2D eigenvalue weighted by Crippen LogP contribution is -2.42. The third-order valence-electron chi connectivity index (χ3n) is 5.77. The normalized spacial score (nSPS) is 17.5. The number of Topliss-reactive ketones (excluding diaryl/α,β-unsaturated/α-hetero) is 1. The van der Waals surface area contributed by atoms with E-state index in [4.69, 9.17) is 16.3 Å². The summed E-state index contributed by atoms with van der Waals surface area (Å²) in [5.74, 6) is -1.47. The molecule has 2 atom stereocenters. The number of phenols is 1. The van der Waals surface area contributed by atoms with E-state index in [1.165, 1.54) is 48.0 Å². The van der Waals surface area contributed by atoms with Gasteiger partial charge < -0.3 is 24.6 Å². The van der Waals surface area contributed by atoms with E-state index in [0.29, 0.717) is 16.5 Å². The lowest BCUT2D eigenvalue weighted by Gasteiger charge is -2.24. The number of carbonyl (C=O) groups excluding carboxylic acids is 3. The highest BCUT2D eigenvalue weighted by Gasteiger charge is 2.38. The monoisotopic (exact) mass is 505 g/mol. The summed E-state index contributed by atoms with van der Waals surface area (Å²) in [7, 11) is 0. The second-order valence-corrected chi connectivity index (χ2v) is 8.64. The number of aromatic nitrogens is 1. The standard InChI is InChI=1S/C24H22ClF2N3O5/c1-13(31)18-11-29(20-6-5-16(32)8-17(18)20)12-21(33)30-10-15(26)7-22(30)35-24(34)28-9-14-3-2-4-19(25)23(14)27/h2-6,8,11,15,22,32H,7,9-10,12H2,1H3,(H,28,34)/t15-,22+/m1/s1. The maximum atomic E-state index is 14.2. The number of alkyl halides is 1. The lowest BCUT2D eigenvalue weighted by atomic mass is 10.1. The Bertz CT molecular complexity index is 1310. The van der Waals surface area contributed by atoms with Crippen LogP contribution in [-0.4, -0.2) is 51.3 Å². The van der Waals surface area contributed by atoms with Crippen molar-refractivity contribution in [1.29, 1.82) is 0 Å². The molecule has 2 amide bonds. The van der Waals surface area contributed by atoms with Crippen LogP contribution in [0.5, 0.6) is 5.75 Å². The maximum absolute atomic E-state index is 14.2. The van der Waals surface area contributed by atoms with Crippen LogP contribution in [0.15, 0.2) is 42.6 Å². The van der Waals surface area contributed by atoms with Gasteiger partial charge in [0, 0.05) is 41.2 Å². The average molecular weight is 506 g/mol. The van der Waals surface area contributed by atoms with Crippen molar-refractivity contribution < 1.29 is 33.0 Å². The number of aromatic hydroxyl groups is 1. The first kappa shape index (κ1) is 24.5. The molecule has 0 unspecified atom stereocenters. The zero-order chi connectivity index (χ0) is 25.3. The van der Waals surface area contributed by atoms with Crippen LogP contribution in [0, 0.1) is 5.82 Å². The van der Waals surface area contributed by atoms with E-state index in [9.17, 15) is 28.3 Å². The van der Waals surface area contributed by atoms with Crippen LogP contribution in [0.3, 0.4) is 0 Å². The number of halogens is 3. The van der Waals surface area contributed by atoms with Crippen molar-refractivity contribution in [2.45, 2.75) is 38.8 Å². The average Bonchev–Trinajstić information content (AvgIpc) is 3.34. The summed E-state index contributed by atoms with van der Waals surface area (Å²) in [6, 6.07) is 8.78. The summed E-state index contributed by atoms with van der Waals surface area (Å²) in [6.07, 6.45) is -2.20. The number of alkyl carbamates (subject to hydrolysis) is 1. The molecule has 2 aromatic carbocycles. The van der Waals surface area contributed by atoms with E-state index in [2.05, 4.69) is 5.32 Å². The molecule has 11 heteroatoms. The molecule has 0 aliphatic carbocycles. The third-order valence-corrected chi connectivity index (χ3v) is 6.06. The molecular weight excluding hydrogens is 484 g/mol. The zero-order valence-electron chi connectivity index (χ0n) is 18.6. The van der Waals surface area contributed by atoms with Crippen LogP contribution in [0.2, 0.25) is 5.02 Å². The number of nitrogens with zero attached hydrogens (tertiary/aromatic N) is 2. The fourth-order valence-corrected chi connectivity index (χ4v) is 4.27. The Hall–Kier alpha value is -3.66. The van der Waals surface area contributed by atoms with Crippen molar-refractivity contribution in [3.05, 3.63) is 64.6 Å². The summed E-state index contributed by atoms with van der Waals surface area (Å²) in [5, 5.41) is 12.5. The largest absolute Gasteiger partial charge is 0.508 e. The first-order chi connectivity index (χ1) is 16.6. The highest BCUT2D eigenvalue weighted by molar-refractivity contribution is 6.30. The van der Waals surface area contributed by atoms with Crippen LogP contribution in [0.4, 0.5) is 13.6 Å². The zero-order valence-corrected chi connectivity index (χ0v) is 19.4. The maximum Gasteiger partial charge on any atom is 0.409 e. The predicted octanol–water partition coefficient (Wildman–Crippen LogP) is 4.16. The van der Waals surface area contributed by atoms with Crippen molar-refractivity contribution >= 4 is 40.3 Å². The first-order valence-corrected chi connectivity index (χ1v) is 11.2. The van der Waals surface area contributed by atoms with E-state index in [0.717, 1.165) is 4.90 Å². The van der Waals surface area contributed by atoms with Crippen molar-refractivity contribution in [2.75, 3.05) is 6.54 Å². The van der Waals surface area contributed by atoms with Crippen LogP contribution >= 0.6 is 11.6 Å². The summed E-state index contributed by atoms with van der Waals surface area (Å²) in [6.45, 7) is 0.660. The molecule has 3 aromatic rings. The molecule has 0 bridgehead atoms. The summed E-state index contributed by atoms with van der Waals surface area (Å²) >= 11 is 5.73. The number of hydrogen-bond acceptors (Lipinski definition) is 5. The van der Waals surface area contributed by atoms with Gasteiger partial charge in [-0.05, 0) is 31.2 Å². The van der Waals surface area contributed by atoms with Gasteiger partial charge in [0.2, 0.25) is 5.91 Å². The smallest absolute Gasteiger partial charge is 0.409 e. The quantitative estimate of drug-likeness (QED) is 0.490. The molecule has 8 nitrogen and oxygen atoms in total. The fourth-order valence-electron chi connectivity index (χ4n) is 4.08. The summed E-state index contributed by atoms with van der Waals surface area (Å²) in [4.78, 5) is 38.4. The molecule has 1 saturated heterocycles. The van der Waals surface area contributed by atoms with Gasteiger partial charge in [-0.15, -0.1) is 0 Å². The number of rotatable bonds is 6. The van der Waals surface area contributed by atoms with E-state index in [-0.39, 0.29) is 48.2 Å². The van der Waals surface area contributed by atoms with Crippen molar-refractivity contribution in [3.8, 4) is 5.75 Å². The van der Waals surface area contributed by atoms with Crippen molar-refractivity contribution in [1.82, 2.24) is 14.8 Å². The molecule has 1 fully saturated rings. The molecule has 0 spiro atoms. The van der Waals surface area contributed by atoms with E-state index >= 15 is 0 Å². The highest BCUT2D eigenvalue weighted by Crippen LogP contribution is 2.27. The lowest BCUT2D eigenvalue weighted by molar-refractivity contribution is -0.138. The number of nitrogens with one attached hydrogen (secondary N) is 1. The number of ketones is 1. The molecular formula is C24H22ClF2N3O5. The fraction of sp³-hybridized carbons (Fsp3) is 0.292. The number of hydrogen-bond donors (Lipinski definition) is 2. The van der Waals surface area contributed by atoms with E-state index < -0.39 is 30.2 Å². The van der Waals surface area contributed by atoms with Gasteiger partial charge in [0.05, 0.1) is 11.6 Å². The van der Waals surface area contributed by atoms with Crippen LogP contribution in [0.1, 0.15) is 29.3 Å². The first-order valence-electron chi connectivity index (χ1n) is 10.8. The molecule has 2 N–H and O–H groups in total. The summed E-state index contributed by atoms with van der Waals surface area (Å²) in [5.41, 5.74) is 1.01. The number of ether oxygens (including phenoxy) is 1. The molecule has 1 aliphatic rings. The third kappa shape index (κ3) is 5.22. The number of amides is 2. The number of likely N-dealkylation sites (tertiary alicyclic amines) is 1. The van der Waals surface area contributed by atoms with Crippen LogP contribution in [-0.2, 0) is 22.6 Å². The number of phenolic OH excluding ortho intramolecular Hbond substituents is 1. The Morgan fingerprint density at radius 1 is 1.26 bits per heavy atom. The molecule has 0 saturated carbocycles. The Labute approximate surface area is 204 Å². The van der Waals surface area contributed by atoms with E-state index in [1.807, 2.05) is 0 Å². The van der Waals surface area contributed by atoms with Gasteiger partial charge in [0.1, 0.15) is 24.3 Å². The number of benzene rings is 2. The summed E-state index contributed by atoms with van der Waals surface area (Å²) < 4.78 is 35.0. The van der Waals surface area contributed by atoms with Gasteiger partial charge in [-0.2, -0.15) is 0 Å². The molecule has 0 radical (unpaired) electrons. The Morgan fingerprint density at radius 3 is 2.77 bits per heavy atom. The number of fused-ring (bicyclic) bond motifs is 1. The molecule has 1 aromatic heterocycles. The number of carbonyl (C=O) groups is 3.